The van der Waals surface area contributed by atoms with Gasteiger partial charge in [-0.3, -0.25) is 9.69 Å². The standard InChI is InChI=1S/C17H26N2O2S/c1-3-15-12(2)11-16(22-15)17(21)19-9-7-18(8-10-19)13-5-4-6-14(13)20/h11,13-14,20H,3-10H2,1-2H3/t13-,14+/m0/s1. The number of nitrogens with zero attached hydrogens (tertiary/aromatic N) is 2. The minimum atomic E-state index is -0.172. The van der Waals surface area contributed by atoms with E-state index in [1.807, 2.05) is 11.0 Å². The number of amides is 1. The highest BCUT2D eigenvalue weighted by atomic mass is 32.1. The third-order valence-corrected chi connectivity index (χ3v) is 6.44. The molecule has 1 aromatic rings. The van der Waals surface area contributed by atoms with E-state index in [1.165, 1.54) is 10.4 Å². The summed E-state index contributed by atoms with van der Waals surface area (Å²) in [7, 11) is 0. The molecule has 1 aliphatic heterocycles. The van der Waals surface area contributed by atoms with Gasteiger partial charge in [0.2, 0.25) is 0 Å². The SMILES string of the molecule is CCc1sc(C(=O)N2CCN([C@H]3CCC[C@H]3O)CC2)cc1C. The highest BCUT2D eigenvalue weighted by Gasteiger charge is 2.33. The van der Waals surface area contributed by atoms with Crippen LogP contribution < -0.4 is 0 Å². The maximum atomic E-state index is 12.6. The number of aliphatic hydroxyl groups excluding tert-OH is 1. The van der Waals surface area contributed by atoms with E-state index in [2.05, 4.69) is 18.7 Å². The topological polar surface area (TPSA) is 43.8 Å². The Morgan fingerprint density at radius 3 is 2.59 bits per heavy atom. The summed E-state index contributed by atoms with van der Waals surface area (Å²) in [5, 5.41) is 10.0. The Balaban J connectivity index is 1.59. The van der Waals surface area contributed by atoms with Gasteiger partial charge in [0.1, 0.15) is 0 Å². The van der Waals surface area contributed by atoms with Crippen LogP contribution >= 0.6 is 11.3 Å². The van der Waals surface area contributed by atoms with Crippen LogP contribution in [0.4, 0.5) is 0 Å². The van der Waals surface area contributed by atoms with Gasteiger partial charge in [-0.1, -0.05) is 6.92 Å². The number of carbonyl (C=O) groups is 1. The third-order valence-electron chi connectivity index (χ3n) is 5.07. The van der Waals surface area contributed by atoms with Crippen LogP contribution in [-0.4, -0.2) is 59.1 Å². The van der Waals surface area contributed by atoms with Crippen LogP contribution in [-0.2, 0) is 6.42 Å². The van der Waals surface area contributed by atoms with Gasteiger partial charge in [-0.15, -0.1) is 11.3 Å². The zero-order valence-electron chi connectivity index (χ0n) is 13.5. The van der Waals surface area contributed by atoms with Crippen molar-refractivity contribution in [3.63, 3.8) is 0 Å². The van der Waals surface area contributed by atoms with E-state index in [0.29, 0.717) is 6.04 Å². The van der Waals surface area contributed by atoms with Crippen LogP contribution in [0.2, 0.25) is 0 Å². The summed E-state index contributed by atoms with van der Waals surface area (Å²) in [6.07, 6.45) is 3.97. The molecule has 0 radical (unpaired) electrons. The molecule has 1 saturated carbocycles. The fraction of sp³-hybridized carbons (Fsp3) is 0.706. The summed E-state index contributed by atoms with van der Waals surface area (Å²) in [6.45, 7) is 7.56. The zero-order valence-corrected chi connectivity index (χ0v) is 14.4. The fourth-order valence-electron chi connectivity index (χ4n) is 3.74. The van der Waals surface area contributed by atoms with Gasteiger partial charge >= 0.3 is 0 Å². The Bertz CT molecular complexity index is 535. The molecular formula is C17H26N2O2S. The summed E-state index contributed by atoms with van der Waals surface area (Å²) < 4.78 is 0. The molecule has 1 N–H and O–H groups in total. The largest absolute Gasteiger partial charge is 0.391 e. The molecule has 2 fully saturated rings. The molecule has 1 aliphatic carbocycles. The molecule has 4 nitrogen and oxygen atoms in total. The van der Waals surface area contributed by atoms with E-state index in [9.17, 15) is 9.90 Å². The molecule has 1 saturated heterocycles. The second kappa shape index (κ2) is 6.69. The first-order chi connectivity index (χ1) is 10.6. The van der Waals surface area contributed by atoms with Crippen molar-refractivity contribution < 1.29 is 9.90 Å². The van der Waals surface area contributed by atoms with Gasteiger partial charge < -0.3 is 10.0 Å². The summed E-state index contributed by atoms with van der Waals surface area (Å²) in [5.74, 6) is 0.180. The molecule has 3 rings (SSSR count). The molecule has 1 amide bonds. The number of hydrogen-bond donors (Lipinski definition) is 1. The normalized spacial score (nSPS) is 26.6. The van der Waals surface area contributed by atoms with E-state index in [1.54, 1.807) is 11.3 Å². The fourth-order valence-corrected chi connectivity index (χ4v) is 4.82. The maximum absolute atomic E-state index is 12.6. The number of hydrogen-bond acceptors (Lipinski definition) is 4. The van der Waals surface area contributed by atoms with Gasteiger partial charge in [-0.05, 0) is 44.2 Å². The quantitative estimate of drug-likeness (QED) is 0.928. The highest BCUT2D eigenvalue weighted by molar-refractivity contribution is 7.14. The van der Waals surface area contributed by atoms with Crippen molar-refractivity contribution in [3.8, 4) is 0 Å². The van der Waals surface area contributed by atoms with E-state index in [4.69, 9.17) is 0 Å². The van der Waals surface area contributed by atoms with E-state index < -0.39 is 0 Å². The van der Waals surface area contributed by atoms with Crippen molar-refractivity contribution in [1.29, 1.82) is 0 Å². The van der Waals surface area contributed by atoms with Crippen molar-refractivity contribution in [1.82, 2.24) is 9.80 Å². The number of aliphatic hydroxyl groups is 1. The summed E-state index contributed by atoms with van der Waals surface area (Å²) in [4.78, 5) is 19.2. The summed E-state index contributed by atoms with van der Waals surface area (Å²) in [5.41, 5.74) is 1.24. The first-order valence-corrected chi connectivity index (χ1v) is 9.22. The van der Waals surface area contributed by atoms with Crippen LogP contribution in [0, 0.1) is 6.92 Å². The Labute approximate surface area is 136 Å². The number of thiophene rings is 1. The Morgan fingerprint density at radius 2 is 2.05 bits per heavy atom. The first-order valence-electron chi connectivity index (χ1n) is 8.41. The molecule has 2 heterocycles. The second-order valence-electron chi connectivity index (χ2n) is 6.46. The van der Waals surface area contributed by atoms with Crippen molar-refractivity contribution in [2.24, 2.45) is 0 Å². The van der Waals surface area contributed by atoms with E-state index in [0.717, 1.165) is 56.7 Å². The summed E-state index contributed by atoms with van der Waals surface area (Å²) >= 11 is 1.64. The van der Waals surface area contributed by atoms with Crippen LogP contribution in [0.3, 0.4) is 0 Å². The molecule has 0 unspecified atom stereocenters. The molecule has 0 bridgehead atoms. The minimum absolute atomic E-state index is 0.172. The molecule has 22 heavy (non-hydrogen) atoms. The zero-order chi connectivity index (χ0) is 15.7. The predicted molar refractivity (Wildman–Crippen MR) is 89.6 cm³/mol. The third kappa shape index (κ3) is 3.07. The molecule has 2 aliphatic rings. The number of piperazine rings is 1. The lowest BCUT2D eigenvalue weighted by molar-refractivity contribution is 0.0318. The predicted octanol–water partition coefficient (Wildman–Crippen LogP) is 2.29. The van der Waals surface area contributed by atoms with Gasteiger partial charge in [0.15, 0.2) is 0 Å². The lowest BCUT2D eigenvalue weighted by atomic mass is 10.1. The van der Waals surface area contributed by atoms with Gasteiger partial charge in [0.05, 0.1) is 11.0 Å². The molecule has 122 valence electrons. The van der Waals surface area contributed by atoms with Crippen molar-refractivity contribution in [2.45, 2.75) is 51.7 Å². The molecular weight excluding hydrogens is 296 g/mol. The lowest BCUT2D eigenvalue weighted by Crippen LogP contribution is -2.53. The van der Waals surface area contributed by atoms with Crippen molar-refractivity contribution in [3.05, 3.63) is 21.4 Å². The Hall–Kier alpha value is -0.910. The van der Waals surface area contributed by atoms with Gasteiger partial charge in [-0.2, -0.15) is 0 Å². The van der Waals surface area contributed by atoms with Gasteiger partial charge in [-0.25, -0.2) is 0 Å². The lowest BCUT2D eigenvalue weighted by Gasteiger charge is -2.39. The van der Waals surface area contributed by atoms with E-state index in [-0.39, 0.29) is 12.0 Å². The highest BCUT2D eigenvalue weighted by Crippen LogP contribution is 2.27. The minimum Gasteiger partial charge on any atom is -0.391 e. The average Bonchev–Trinajstić information content (AvgIpc) is 3.12. The van der Waals surface area contributed by atoms with Gasteiger partial charge in [0.25, 0.3) is 5.91 Å². The molecule has 1 aromatic heterocycles. The maximum Gasteiger partial charge on any atom is 0.264 e. The van der Waals surface area contributed by atoms with Crippen LogP contribution in [0.5, 0.6) is 0 Å². The average molecular weight is 322 g/mol. The van der Waals surface area contributed by atoms with Crippen molar-refractivity contribution >= 4 is 17.2 Å². The van der Waals surface area contributed by atoms with Crippen LogP contribution in [0.1, 0.15) is 46.3 Å². The van der Waals surface area contributed by atoms with Crippen molar-refractivity contribution in [2.75, 3.05) is 26.2 Å². The Morgan fingerprint density at radius 1 is 1.32 bits per heavy atom. The van der Waals surface area contributed by atoms with Gasteiger partial charge in [0, 0.05) is 37.1 Å². The van der Waals surface area contributed by atoms with Crippen LogP contribution in [0.25, 0.3) is 0 Å². The second-order valence-corrected chi connectivity index (χ2v) is 7.60. The number of carbonyl (C=O) groups excluding carboxylic acids is 1. The Kier molecular flexibility index (Phi) is 4.85. The molecule has 5 heteroatoms. The molecule has 0 spiro atoms. The summed E-state index contributed by atoms with van der Waals surface area (Å²) in [6, 6.07) is 2.35. The monoisotopic (exact) mass is 322 g/mol. The smallest absolute Gasteiger partial charge is 0.264 e. The number of rotatable bonds is 3. The van der Waals surface area contributed by atoms with E-state index >= 15 is 0 Å². The van der Waals surface area contributed by atoms with Crippen LogP contribution in [0.15, 0.2) is 6.07 Å². The molecule has 0 aromatic carbocycles. The molecule has 2 atom stereocenters. The first kappa shape index (κ1) is 16.0. The number of aryl methyl sites for hydroxylation is 2.